The SMILES string of the molecule is [C-]#[N+]c1ccc2c3c(cccc13)C(N1CCC(n3c(=O)[nH]c4ccccc43)CC1)C2. The van der Waals surface area contributed by atoms with Crippen LogP contribution < -0.4 is 5.69 Å². The van der Waals surface area contributed by atoms with E-state index in [2.05, 4.69) is 39.0 Å². The molecule has 6 rings (SSSR count). The van der Waals surface area contributed by atoms with Crippen molar-refractivity contribution >= 4 is 27.5 Å². The Kier molecular flexibility index (Phi) is 3.84. The molecule has 3 aromatic carbocycles. The van der Waals surface area contributed by atoms with Gasteiger partial charge in [-0.15, -0.1) is 0 Å². The number of hydrogen-bond acceptors (Lipinski definition) is 2. The van der Waals surface area contributed by atoms with Crippen molar-refractivity contribution in [2.45, 2.75) is 31.3 Å². The average Bonchev–Trinajstić information content (AvgIpc) is 3.33. The van der Waals surface area contributed by atoms with E-state index in [4.69, 9.17) is 6.57 Å². The number of likely N-dealkylation sites (tertiary alicyclic amines) is 1. The van der Waals surface area contributed by atoms with E-state index in [-0.39, 0.29) is 11.7 Å². The van der Waals surface area contributed by atoms with E-state index in [1.54, 1.807) is 0 Å². The number of hydrogen-bond donors (Lipinski definition) is 1. The number of fused-ring (bicyclic) bond motifs is 1. The largest absolute Gasteiger partial charge is 0.326 e. The summed E-state index contributed by atoms with van der Waals surface area (Å²) in [5, 5.41) is 2.37. The number of piperidine rings is 1. The van der Waals surface area contributed by atoms with E-state index in [0.29, 0.717) is 6.04 Å². The van der Waals surface area contributed by atoms with Crippen LogP contribution in [0.2, 0.25) is 0 Å². The maximum absolute atomic E-state index is 12.6. The van der Waals surface area contributed by atoms with Crippen LogP contribution in [0.15, 0.2) is 59.4 Å². The van der Waals surface area contributed by atoms with Gasteiger partial charge >= 0.3 is 5.69 Å². The fourth-order valence-corrected chi connectivity index (χ4v) is 5.58. The van der Waals surface area contributed by atoms with Crippen molar-refractivity contribution in [1.82, 2.24) is 14.5 Å². The fraction of sp³-hybridized carbons (Fsp3) is 0.280. The lowest BCUT2D eigenvalue weighted by atomic mass is 9.99. The molecule has 1 fully saturated rings. The molecule has 2 aliphatic rings. The Bertz CT molecular complexity index is 1380. The summed E-state index contributed by atoms with van der Waals surface area (Å²) in [6.07, 6.45) is 2.95. The Morgan fingerprint density at radius 1 is 1.00 bits per heavy atom. The van der Waals surface area contributed by atoms with Crippen LogP contribution in [0.3, 0.4) is 0 Å². The molecule has 1 N–H and O–H groups in total. The van der Waals surface area contributed by atoms with E-state index < -0.39 is 0 Å². The zero-order valence-corrected chi connectivity index (χ0v) is 16.6. The normalized spacial score (nSPS) is 19.5. The average molecular weight is 394 g/mol. The molecule has 0 radical (unpaired) electrons. The molecule has 4 aromatic rings. The molecule has 5 nitrogen and oxygen atoms in total. The summed E-state index contributed by atoms with van der Waals surface area (Å²) in [6, 6.07) is 19.1. The van der Waals surface area contributed by atoms with Gasteiger partial charge in [0.25, 0.3) is 0 Å². The van der Waals surface area contributed by atoms with Crippen molar-refractivity contribution in [2.24, 2.45) is 0 Å². The zero-order valence-electron chi connectivity index (χ0n) is 16.6. The smallest absolute Gasteiger partial charge is 0.306 e. The molecule has 1 aromatic heterocycles. The second kappa shape index (κ2) is 6.58. The number of aromatic nitrogens is 2. The number of para-hydroxylation sites is 2. The Morgan fingerprint density at radius 2 is 1.83 bits per heavy atom. The zero-order chi connectivity index (χ0) is 20.2. The van der Waals surface area contributed by atoms with Gasteiger partial charge in [0.1, 0.15) is 0 Å². The summed E-state index contributed by atoms with van der Waals surface area (Å²) in [5.74, 6) is 0. The number of imidazole rings is 1. The molecule has 1 aliphatic heterocycles. The second-order valence-corrected chi connectivity index (χ2v) is 8.43. The first-order valence-electron chi connectivity index (χ1n) is 10.6. The number of benzene rings is 3. The molecule has 1 saturated heterocycles. The van der Waals surface area contributed by atoms with Crippen LogP contribution in [0.1, 0.15) is 36.1 Å². The first-order valence-corrected chi connectivity index (χ1v) is 10.6. The molecule has 30 heavy (non-hydrogen) atoms. The molecule has 0 bridgehead atoms. The Balaban J connectivity index is 1.29. The van der Waals surface area contributed by atoms with Crippen molar-refractivity contribution in [3.05, 3.63) is 87.6 Å². The first-order chi connectivity index (χ1) is 14.7. The summed E-state index contributed by atoms with van der Waals surface area (Å²) in [5.41, 5.74) is 5.38. The van der Waals surface area contributed by atoms with Gasteiger partial charge in [0.05, 0.1) is 17.6 Å². The maximum atomic E-state index is 12.6. The van der Waals surface area contributed by atoms with Crippen LogP contribution >= 0.6 is 0 Å². The predicted octanol–water partition coefficient (Wildman–Crippen LogP) is 4.97. The molecule has 1 unspecified atom stereocenters. The number of nitrogens with zero attached hydrogens (tertiary/aromatic N) is 3. The lowest BCUT2D eigenvalue weighted by molar-refractivity contribution is 0.137. The summed E-state index contributed by atoms with van der Waals surface area (Å²) in [4.78, 5) is 21.9. The lowest BCUT2D eigenvalue weighted by Crippen LogP contribution is -2.39. The molecule has 2 heterocycles. The molecule has 148 valence electrons. The molecular weight excluding hydrogens is 372 g/mol. The highest BCUT2D eigenvalue weighted by Crippen LogP contribution is 2.44. The minimum Gasteiger partial charge on any atom is -0.306 e. The van der Waals surface area contributed by atoms with Crippen molar-refractivity contribution in [3.63, 3.8) is 0 Å². The van der Waals surface area contributed by atoms with Gasteiger partial charge in [-0.1, -0.05) is 42.5 Å². The van der Waals surface area contributed by atoms with Crippen LogP contribution in [0.5, 0.6) is 0 Å². The van der Waals surface area contributed by atoms with Crippen LogP contribution in [0.25, 0.3) is 26.7 Å². The molecule has 1 atom stereocenters. The third kappa shape index (κ3) is 2.47. The third-order valence-corrected chi connectivity index (χ3v) is 6.96. The number of rotatable bonds is 2. The van der Waals surface area contributed by atoms with Gasteiger partial charge in [-0.25, -0.2) is 9.64 Å². The molecule has 5 heteroatoms. The van der Waals surface area contributed by atoms with E-state index in [9.17, 15) is 4.79 Å². The van der Waals surface area contributed by atoms with Gasteiger partial charge in [-0.05, 0) is 53.3 Å². The highest BCUT2D eigenvalue weighted by molar-refractivity contribution is 6.00. The van der Waals surface area contributed by atoms with Crippen molar-refractivity contribution < 1.29 is 0 Å². The third-order valence-electron chi connectivity index (χ3n) is 6.96. The van der Waals surface area contributed by atoms with Crippen molar-refractivity contribution in [1.29, 1.82) is 0 Å². The number of H-pyrrole nitrogens is 1. The van der Waals surface area contributed by atoms with Gasteiger partial charge in [0, 0.05) is 25.2 Å². The summed E-state index contributed by atoms with van der Waals surface area (Å²) >= 11 is 0. The van der Waals surface area contributed by atoms with Crippen molar-refractivity contribution in [3.8, 4) is 0 Å². The quantitative estimate of drug-likeness (QED) is 0.488. The lowest BCUT2D eigenvalue weighted by Gasteiger charge is -2.36. The van der Waals surface area contributed by atoms with E-state index in [1.807, 2.05) is 34.9 Å². The highest BCUT2D eigenvalue weighted by Gasteiger charge is 2.33. The predicted molar refractivity (Wildman–Crippen MR) is 119 cm³/mol. The molecular formula is C25H22N4O. The molecule has 0 amide bonds. The first kappa shape index (κ1) is 17.5. The van der Waals surface area contributed by atoms with Gasteiger partial charge in [0.15, 0.2) is 5.69 Å². The van der Waals surface area contributed by atoms with E-state index >= 15 is 0 Å². The topological polar surface area (TPSA) is 45.4 Å². The number of nitrogens with one attached hydrogen (secondary N) is 1. The maximum Gasteiger partial charge on any atom is 0.326 e. The van der Waals surface area contributed by atoms with Crippen LogP contribution in [0.4, 0.5) is 5.69 Å². The highest BCUT2D eigenvalue weighted by atomic mass is 16.1. The van der Waals surface area contributed by atoms with E-state index in [0.717, 1.165) is 54.5 Å². The van der Waals surface area contributed by atoms with Crippen LogP contribution in [-0.4, -0.2) is 27.5 Å². The minimum atomic E-state index is -0.000590. The second-order valence-electron chi connectivity index (χ2n) is 8.43. The molecule has 0 saturated carbocycles. The summed E-state index contributed by atoms with van der Waals surface area (Å²) in [6.45, 7) is 9.43. The van der Waals surface area contributed by atoms with Gasteiger partial charge in [0.2, 0.25) is 0 Å². The van der Waals surface area contributed by atoms with Gasteiger partial charge < -0.3 is 4.98 Å². The standard InChI is InChI=1S/C25H22N4O/c1-26-20-10-9-16-15-23(19-6-4-5-18(20)24(16)19)28-13-11-17(12-14-28)29-22-8-3-2-7-21(22)27-25(29)30/h2-10,17,23H,11-15H2,(H,27,30). The monoisotopic (exact) mass is 394 g/mol. The minimum absolute atomic E-state index is 0.000590. The van der Waals surface area contributed by atoms with Gasteiger partial charge in [-0.2, -0.15) is 0 Å². The Morgan fingerprint density at radius 3 is 2.67 bits per heavy atom. The number of aromatic amines is 1. The molecule has 0 spiro atoms. The van der Waals surface area contributed by atoms with E-state index in [1.165, 1.54) is 16.5 Å². The Labute approximate surface area is 174 Å². The fourth-order valence-electron chi connectivity index (χ4n) is 5.58. The Hall–Kier alpha value is -3.36. The van der Waals surface area contributed by atoms with Crippen molar-refractivity contribution in [2.75, 3.05) is 13.1 Å². The van der Waals surface area contributed by atoms with Crippen LogP contribution in [-0.2, 0) is 6.42 Å². The summed E-state index contributed by atoms with van der Waals surface area (Å²) < 4.78 is 1.96. The van der Waals surface area contributed by atoms with Crippen LogP contribution in [0, 0.1) is 6.57 Å². The molecule has 1 aliphatic carbocycles. The van der Waals surface area contributed by atoms with Gasteiger partial charge in [-0.3, -0.25) is 9.47 Å². The summed E-state index contributed by atoms with van der Waals surface area (Å²) in [7, 11) is 0.